The fourth-order valence-electron chi connectivity index (χ4n) is 2.16. The summed E-state index contributed by atoms with van der Waals surface area (Å²) < 4.78 is 16.2. The highest BCUT2D eigenvalue weighted by molar-refractivity contribution is 5.89. The average molecular weight is 336 g/mol. The van der Waals surface area contributed by atoms with Gasteiger partial charge < -0.3 is 19.3 Å². The highest BCUT2D eigenvalue weighted by Gasteiger charge is 2.06. The number of methoxy groups -OCH3 is 1. The van der Waals surface area contributed by atoms with Gasteiger partial charge >= 0.3 is 5.97 Å². The van der Waals surface area contributed by atoms with Gasteiger partial charge in [0.25, 0.3) is 0 Å². The topological polar surface area (TPSA) is 65.0 Å². The van der Waals surface area contributed by atoms with Gasteiger partial charge in [0.1, 0.15) is 28.7 Å². The largest absolute Gasteiger partial charge is 0.508 e. The summed E-state index contributed by atoms with van der Waals surface area (Å²) in [6, 6.07) is 20.3. The van der Waals surface area contributed by atoms with Crippen molar-refractivity contribution in [2.75, 3.05) is 7.11 Å². The highest BCUT2D eigenvalue weighted by atomic mass is 16.5. The minimum atomic E-state index is -0.393. The van der Waals surface area contributed by atoms with Crippen LogP contribution < -0.4 is 9.47 Å². The van der Waals surface area contributed by atoms with E-state index in [1.165, 1.54) is 7.11 Å². The maximum absolute atomic E-state index is 11.4. The maximum Gasteiger partial charge on any atom is 0.337 e. The molecule has 0 amide bonds. The number of esters is 1. The smallest absolute Gasteiger partial charge is 0.337 e. The zero-order valence-electron chi connectivity index (χ0n) is 13.5. The van der Waals surface area contributed by atoms with Crippen LogP contribution in [-0.4, -0.2) is 18.2 Å². The molecule has 0 atom stereocenters. The van der Waals surface area contributed by atoms with Crippen molar-refractivity contribution in [3.05, 3.63) is 78.4 Å². The summed E-state index contributed by atoms with van der Waals surface area (Å²) >= 11 is 0. The normalized spacial score (nSPS) is 10.1. The molecule has 5 nitrogen and oxygen atoms in total. The number of phenols is 1. The second kappa shape index (κ2) is 7.40. The molecule has 1 N–H and O–H groups in total. The number of hydrogen-bond donors (Lipinski definition) is 1. The van der Waals surface area contributed by atoms with Crippen molar-refractivity contribution in [2.45, 2.75) is 0 Å². The lowest BCUT2D eigenvalue weighted by molar-refractivity contribution is 0.0600. The lowest BCUT2D eigenvalue weighted by atomic mass is 10.2. The van der Waals surface area contributed by atoms with Crippen molar-refractivity contribution in [3.8, 4) is 28.7 Å². The first kappa shape index (κ1) is 16.4. The Morgan fingerprint density at radius 2 is 1.28 bits per heavy atom. The van der Waals surface area contributed by atoms with Gasteiger partial charge in [0, 0.05) is 6.07 Å². The fraction of sp³-hybridized carbons (Fsp3) is 0.0500. The molecule has 3 aromatic carbocycles. The van der Waals surface area contributed by atoms with Crippen LogP contribution in [0.3, 0.4) is 0 Å². The number of phenolic OH excluding ortho intramolecular Hbond substituents is 1. The third-order valence-corrected chi connectivity index (χ3v) is 3.39. The van der Waals surface area contributed by atoms with Crippen LogP contribution in [0.25, 0.3) is 0 Å². The highest BCUT2D eigenvalue weighted by Crippen LogP contribution is 2.29. The SMILES string of the molecule is COC(=O)c1ccc(Oc2cccc(Oc3ccc(O)cc3)c2)cc1. The number of hydrogen-bond acceptors (Lipinski definition) is 5. The minimum Gasteiger partial charge on any atom is -0.508 e. The van der Waals surface area contributed by atoms with Crippen LogP contribution in [0.4, 0.5) is 0 Å². The van der Waals surface area contributed by atoms with Gasteiger partial charge in [0.15, 0.2) is 0 Å². The van der Waals surface area contributed by atoms with Crippen molar-refractivity contribution < 1.29 is 24.1 Å². The summed E-state index contributed by atoms with van der Waals surface area (Å²) in [5, 5.41) is 9.30. The summed E-state index contributed by atoms with van der Waals surface area (Å²) in [5.41, 5.74) is 0.458. The summed E-state index contributed by atoms with van der Waals surface area (Å²) in [6.45, 7) is 0. The Morgan fingerprint density at radius 1 is 0.760 bits per heavy atom. The third kappa shape index (κ3) is 4.29. The minimum absolute atomic E-state index is 0.180. The van der Waals surface area contributed by atoms with E-state index >= 15 is 0 Å². The molecule has 0 unspecified atom stereocenters. The summed E-state index contributed by atoms with van der Waals surface area (Å²) in [6.07, 6.45) is 0. The molecule has 0 spiro atoms. The fourth-order valence-corrected chi connectivity index (χ4v) is 2.16. The molecule has 0 bridgehead atoms. The summed E-state index contributed by atoms with van der Waals surface area (Å²) in [7, 11) is 1.34. The van der Waals surface area contributed by atoms with E-state index in [0.29, 0.717) is 28.6 Å². The molecule has 0 aliphatic heterocycles. The van der Waals surface area contributed by atoms with Crippen molar-refractivity contribution in [1.29, 1.82) is 0 Å². The number of aromatic hydroxyl groups is 1. The van der Waals surface area contributed by atoms with E-state index in [9.17, 15) is 9.90 Å². The molecule has 5 heteroatoms. The first-order valence-corrected chi connectivity index (χ1v) is 7.57. The molecule has 0 aromatic heterocycles. The summed E-state index contributed by atoms with van der Waals surface area (Å²) in [5.74, 6) is 2.19. The van der Waals surface area contributed by atoms with Crippen LogP contribution >= 0.6 is 0 Å². The predicted octanol–water partition coefficient (Wildman–Crippen LogP) is 4.76. The van der Waals surface area contributed by atoms with E-state index < -0.39 is 5.97 Å². The summed E-state index contributed by atoms with van der Waals surface area (Å²) in [4.78, 5) is 11.4. The van der Waals surface area contributed by atoms with E-state index in [1.54, 1.807) is 66.7 Å². The lowest BCUT2D eigenvalue weighted by Crippen LogP contribution is -2.00. The van der Waals surface area contributed by atoms with Crippen LogP contribution in [0.5, 0.6) is 28.7 Å². The van der Waals surface area contributed by atoms with E-state index in [2.05, 4.69) is 4.74 Å². The Hall–Kier alpha value is -3.47. The molecular weight excluding hydrogens is 320 g/mol. The van der Waals surface area contributed by atoms with E-state index in [4.69, 9.17) is 9.47 Å². The quantitative estimate of drug-likeness (QED) is 0.680. The van der Waals surface area contributed by atoms with Crippen molar-refractivity contribution in [3.63, 3.8) is 0 Å². The second-order valence-electron chi connectivity index (χ2n) is 5.19. The molecule has 0 saturated heterocycles. The van der Waals surface area contributed by atoms with Crippen LogP contribution in [-0.2, 0) is 4.74 Å². The van der Waals surface area contributed by atoms with Gasteiger partial charge in [-0.3, -0.25) is 0 Å². The number of rotatable bonds is 5. The zero-order valence-corrected chi connectivity index (χ0v) is 13.5. The zero-order chi connectivity index (χ0) is 17.6. The van der Waals surface area contributed by atoms with E-state index in [-0.39, 0.29) is 5.75 Å². The van der Waals surface area contributed by atoms with E-state index in [0.717, 1.165) is 0 Å². The molecule has 0 saturated carbocycles. The molecular formula is C20H16O5. The Kier molecular flexibility index (Phi) is 4.85. The molecule has 3 aromatic rings. The molecule has 0 fully saturated rings. The molecule has 25 heavy (non-hydrogen) atoms. The Bertz CT molecular complexity index is 854. The maximum atomic E-state index is 11.4. The van der Waals surface area contributed by atoms with Gasteiger partial charge in [-0.1, -0.05) is 6.07 Å². The lowest BCUT2D eigenvalue weighted by Gasteiger charge is -2.09. The van der Waals surface area contributed by atoms with Crippen molar-refractivity contribution in [2.24, 2.45) is 0 Å². The first-order valence-electron chi connectivity index (χ1n) is 7.57. The second-order valence-corrected chi connectivity index (χ2v) is 5.19. The van der Waals surface area contributed by atoms with Crippen LogP contribution in [0, 0.1) is 0 Å². The molecule has 0 radical (unpaired) electrons. The Labute approximate surface area is 145 Å². The van der Waals surface area contributed by atoms with Crippen molar-refractivity contribution >= 4 is 5.97 Å². The van der Waals surface area contributed by atoms with Gasteiger partial charge in [-0.05, 0) is 60.7 Å². The average Bonchev–Trinajstić information content (AvgIpc) is 2.64. The number of benzene rings is 3. The molecule has 0 aliphatic rings. The Balaban J connectivity index is 1.71. The van der Waals surface area contributed by atoms with Gasteiger partial charge in [-0.15, -0.1) is 0 Å². The third-order valence-electron chi connectivity index (χ3n) is 3.39. The van der Waals surface area contributed by atoms with E-state index in [1.807, 2.05) is 6.07 Å². The predicted molar refractivity (Wildman–Crippen MR) is 92.5 cm³/mol. The van der Waals surface area contributed by atoms with Crippen LogP contribution in [0.1, 0.15) is 10.4 Å². The van der Waals surface area contributed by atoms with Gasteiger partial charge in [0.05, 0.1) is 12.7 Å². The van der Waals surface area contributed by atoms with Gasteiger partial charge in [-0.25, -0.2) is 4.79 Å². The van der Waals surface area contributed by atoms with Gasteiger partial charge in [-0.2, -0.15) is 0 Å². The number of ether oxygens (including phenoxy) is 3. The Morgan fingerprint density at radius 3 is 1.80 bits per heavy atom. The monoisotopic (exact) mass is 336 g/mol. The van der Waals surface area contributed by atoms with Crippen molar-refractivity contribution in [1.82, 2.24) is 0 Å². The molecule has 0 aliphatic carbocycles. The number of carbonyl (C=O) groups is 1. The van der Waals surface area contributed by atoms with Crippen LogP contribution in [0.15, 0.2) is 72.8 Å². The van der Waals surface area contributed by atoms with Gasteiger partial charge in [0.2, 0.25) is 0 Å². The molecule has 0 heterocycles. The van der Waals surface area contributed by atoms with Crippen LogP contribution in [0.2, 0.25) is 0 Å². The molecule has 3 rings (SSSR count). The molecule has 126 valence electrons. The first-order chi connectivity index (χ1) is 12.1. The standard InChI is InChI=1S/C20H16O5/c1-23-20(22)14-5-9-16(10-6-14)24-18-3-2-4-19(13-18)25-17-11-7-15(21)8-12-17/h2-13,21H,1H3. The number of carbonyl (C=O) groups excluding carboxylic acids is 1.